The predicted molar refractivity (Wildman–Crippen MR) is 83.4 cm³/mol. The SMILES string of the molecule is NCCCCN1CCCN(C(=O)c2ccccc2O)CC1. The van der Waals surface area contributed by atoms with Crippen LogP contribution in [0.2, 0.25) is 0 Å². The van der Waals surface area contributed by atoms with E-state index in [0.717, 1.165) is 58.5 Å². The lowest BCUT2D eigenvalue weighted by molar-refractivity contribution is 0.0758. The lowest BCUT2D eigenvalue weighted by Crippen LogP contribution is -2.35. The minimum Gasteiger partial charge on any atom is -0.507 e. The number of carbonyl (C=O) groups excluding carboxylic acids is 1. The van der Waals surface area contributed by atoms with Crippen molar-refractivity contribution in [1.82, 2.24) is 9.80 Å². The van der Waals surface area contributed by atoms with Crippen LogP contribution in [0.4, 0.5) is 0 Å². The van der Waals surface area contributed by atoms with Gasteiger partial charge in [0.2, 0.25) is 0 Å². The normalized spacial score (nSPS) is 16.7. The van der Waals surface area contributed by atoms with Crippen LogP contribution in [0.1, 0.15) is 29.6 Å². The molecular weight excluding hydrogens is 266 g/mol. The van der Waals surface area contributed by atoms with Crippen LogP contribution in [-0.2, 0) is 0 Å². The van der Waals surface area contributed by atoms with Crippen LogP contribution < -0.4 is 5.73 Å². The highest BCUT2D eigenvalue weighted by atomic mass is 16.3. The third-order valence-corrected chi connectivity index (χ3v) is 3.94. The molecule has 1 heterocycles. The van der Waals surface area contributed by atoms with Gasteiger partial charge in [-0.15, -0.1) is 0 Å². The molecule has 116 valence electrons. The fourth-order valence-electron chi connectivity index (χ4n) is 2.70. The molecule has 21 heavy (non-hydrogen) atoms. The number of phenols is 1. The summed E-state index contributed by atoms with van der Waals surface area (Å²) in [5.74, 6) is -0.0107. The van der Waals surface area contributed by atoms with Gasteiger partial charge in [0.05, 0.1) is 5.56 Å². The lowest BCUT2D eigenvalue weighted by Gasteiger charge is -2.22. The smallest absolute Gasteiger partial charge is 0.257 e. The van der Waals surface area contributed by atoms with Gasteiger partial charge in [0, 0.05) is 19.6 Å². The van der Waals surface area contributed by atoms with Crippen molar-refractivity contribution in [3.63, 3.8) is 0 Å². The number of hydrogen-bond donors (Lipinski definition) is 2. The summed E-state index contributed by atoms with van der Waals surface area (Å²) in [5.41, 5.74) is 5.92. The summed E-state index contributed by atoms with van der Waals surface area (Å²) in [6, 6.07) is 6.75. The average Bonchev–Trinajstić information content (AvgIpc) is 2.73. The minimum absolute atomic E-state index is 0.0616. The molecular formula is C16H25N3O2. The van der Waals surface area contributed by atoms with Gasteiger partial charge in [0.15, 0.2) is 0 Å². The number of hydrogen-bond acceptors (Lipinski definition) is 4. The zero-order valence-corrected chi connectivity index (χ0v) is 12.5. The maximum atomic E-state index is 12.5. The number of nitrogens with zero attached hydrogens (tertiary/aromatic N) is 2. The number of para-hydroxylation sites is 1. The first kappa shape index (κ1) is 15.8. The number of nitrogens with two attached hydrogens (primary N) is 1. The van der Waals surface area contributed by atoms with E-state index < -0.39 is 0 Å². The van der Waals surface area contributed by atoms with E-state index in [-0.39, 0.29) is 11.7 Å². The maximum Gasteiger partial charge on any atom is 0.257 e. The molecule has 1 fully saturated rings. The number of benzene rings is 1. The number of phenolic OH excluding ortho intramolecular Hbond substituents is 1. The van der Waals surface area contributed by atoms with Crippen LogP contribution in [0.5, 0.6) is 5.75 Å². The van der Waals surface area contributed by atoms with Gasteiger partial charge < -0.3 is 20.6 Å². The Morgan fingerprint density at radius 3 is 2.71 bits per heavy atom. The van der Waals surface area contributed by atoms with Gasteiger partial charge in [0.25, 0.3) is 5.91 Å². The van der Waals surface area contributed by atoms with Gasteiger partial charge >= 0.3 is 0 Å². The fourth-order valence-corrected chi connectivity index (χ4v) is 2.70. The van der Waals surface area contributed by atoms with Crippen molar-refractivity contribution < 1.29 is 9.90 Å². The van der Waals surface area contributed by atoms with E-state index >= 15 is 0 Å². The molecule has 0 aromatic heterocycles. The Balaban J connectivity index is 1.90. The average molecular weight is 291 g/mol. The highest BCUT2D eigenvalue weighted by Gasteiger charge is 2.21. The number of rotatable bonds is 5. The van der Waals surface area contributed by atoms with Crippen LogP contribution in [-0.4, -0.2) is 60.1 Å². The van der Waals surface area contributed by atoms with Gasteiger partial charge in [-0.05, 0) is 51.0 Å². The van der Waals surface area contributed by atoms with Crippen LogP contribution in [0, 0.1) is 0 Å². The predicted octanol–water partition coefficient (Wildman–Crippen LogP) is 1.28. The van der Waals surface area contributed by atoms with Crippen molar-refractivity contribution in [3.8, 4) is 5.75 Å². The Morgan fingerprint density at radius 2 is 1.95 bits per heavy atom. The fraction of sp³-hybridized carbons (Fsp3) is 0.562. The summed E-state index contributed by atoms with van der Waals surface area (Å²) in [6.45, 7) is 5.18. The lowest BCUT2D eigenvalue weighted by atomic mass is 10.1. The summed E-state index contributed by atoms with van der Waals surface area (Å²) >= 11 is 0. The van der Waals surface area contributed by atoms with Crippen molar-refractivity contribution in [2.24, 2.45) is 5.73 Å². The molecule has 1 amide bonds. The van der Waals surface area contributed by atoms with Crippen molar-refractivity contribution in [3.05, 3.63) is 29.8 Å². The third-order valence-electron chi connectivity index (χ3n) is 3.94. The third kappa shape index (κ3) is 4.44. The largest absolute Gasteiger partial charge is 0.507 e. The number of amides is 1. The quantitative estimate of drug-likeness (QED) is 0.802. The summed E-state index contributed by atoms with van der Waals surface area (Å²) in [6.07, 6.45) is 3.14. The van der Waals surface area contributed by atoms with Crippen LogP contribution >= 0.6 is 0 Å². The molecule has 3 N–H and O–H groups in total. The van der Waals surface area contributed by atoms with Gasteiger partial charge in [-0.25, -0.2) is 0 Å². The molecule has 1 aliphatic rings. The molecule has 0 aliphatic carbocycles. The zero-order valence-electron chi connectivity index (χ0n) is 12.5. The molecule has 5 nitrogen and oxygen atoms in total. The Kier molecular flexibility index (Phi) is 6.02. The van der Waals surface area contributed by atoms with Crippen LogP contribution in [0.25, 0.3) is 0 Å². The standard InChI is InChI=1S/C16H25N3O2/c17-8-3-4-9-18-10-5-11-19(13-12-18)16(21)14-6-1-2-7-15(14)20/h1-2,6-7,20H,3-5,8-13,17H2. The monoisotopic (exact) mass is 291 g/mol. The number of aromatic hydroxyl groups is 1. The topological polar surface area (TPSA) is 69.8 Å². The molecule has 0 saturated carbocycles. The Hall–Kier alpha value is -1.59. The summed E-state index contributed by atoms with van der Waals surface area (Å²) in [5, 5.41) is 9.81. The molecule has 1 saturated heterocycles. The van der Waals surface area contributed by atoms with Crippen LogP contribution in [0.15, 0.2) is 24.3 Å². The number of unbranched alkanes of at least 4 members (excludes halogenated alkanes) is 1. The first-order chi connectivity index (χ1) is 10.2. The summed E-state index contributed by atoms with van der Waals surface area (Å²) < 4.78 is 0. The van der Waals surface area contributed by atoms with Crippen molar-refractivity contribution in [2.45, 2.75) is 19.3 Å². The summed E-state index contributed by atoms with van der Waals surface area (Å²) in [4.78, 5) is 16.7. The van der Waals surface area contributed by atoms with Crippen LogP contribution in [0.3, 0.4) is 0 Å². The number of carbonyl (C=O) groups is 1. The molecule has 2 rings (SSSR count). The Labute approximate surface area is 126 Å². The molecule has 0 radical (unpaired) electrons. The molecule has 0 unspecified atom stereocenters. The van der Waals surface area contributed by atoms with Crippen molar-refractivity contribution >= 4 is 5.91 Å². The minimum atomic E-state index is -0.0723. The molecule has 1 aromatic rings. The molecule has 1 aliphatic heterocycles. The molecule has 0 spiro atoms. The first-order valence-corrected chi connectivity index (χ1v) is 7.72. The van der Waals surface area contributed by atoms with E-state index in [4.69, 9.17) is 5.73 Å². The van der Waals surface area contributed by atoms with E-state index in [2.05, 4.69) is 4.90 Å². The van der Waals surface area contributed by atoms with Gasteiger partial charge in [0.1, 0.15) is 5.75 Å². The van der Waals surface area contributed by atoms with E-state index in [9.17, 15) is 9.90 Å². The highest BCUT2D eigenvalue weighted by Crippen LogP contribution is 2.18. The Bertz CT molecular complexity index is 465. The Morgan fingerprint density at radius 1 is 1.14 bits per heavy atom. The van der Waals surface area contributed by atoms with Gasteiger partial charge in [-0.2, -0.15) is 0 Å². The summed E-state index contributed by atoms with van der Waals surface area (Å²) in [7, 11) is 0. The second-order valence-electron chi connectivity index (χ2n) is 5.50. The zero-order chi connectivity index (χ0) is 15.1. The molecule has 1 aromatic carbocycles. The van der Waals surface area contributed by atoms with E-state index in [0.29, 0.717) is 5.56 Å². The second-order valence-corrected chi connectivity index (χ2v) is 5.50. The first-order valence-electron chi connectivity index (χ1n) is 7.72. The maximum absolute atomic E-state index is 12.5. The van der Waals surface area contributed by atoms with Crippen molar-refractivity contribution in [2.75, 3.05) is 39.3 Å². The molecule has 5 heteroatoms. The van der Waals surface area contributed by atoms with Crippen molar-refractivity contribution in [1.29, 1.82) is 0 Å². The second kappa shape index (κ2) is 8.00. The van der Waals surface area contributed by atoms with E-state index in [1.54, 1.807) is 24.3 Å². The molecule has 0 atom stereocenters. The van der Waals surface area contributed by atoms with Gasteiger partial charge in [-0.1, -0.05) is 12.1 Å². The highest BCUT2D eigenvalue weighted by molar-refractivity contribution is 5.96. The van der Waals surface area contributed by atoms with E-state index in [1.807, 2.05) is 4.90 Å². The van der Waals surface area contributed by atoms with E-state index in [1.165, 1.54) is 0 Å². The van der Waals surface area contributed by atoms with Gasteiger partial charge in [-0.3, -0.25) is 4.79 Å². The molecule has 0 bridgehead atoms.